The summed E-state index contributed by atoms with van der Waals surface area (Å²) >= 11 is 0. The maximum absolute atomic E-state index is 12.7. The Bertz CT molecular complexity index is 975. The third-order valence-electron chi connectivity index (χ3n) is 4.16. The lowest BCUT2D eigenvalue weighted by Gasteiger charge is -2.17. The molecule has 2 aromatic carbocycles. The van der Waals surface area contributed by atoms with E-state index in [-0.39, 0.29) is 11.9 Å². The lowest BCUT2D eigenvalue weighted by molar-refractivity contribution is 0.0526. The van der Waals surface area contributed by atoms with Crippen molar-refractivity contribution in [1.29, 1.82) is 0 Å². The van der Waals surface area contributed by atoms with Crippen LogP contribution in [0.15, 0.2) is 67.0 Å². The van der Waals surface area contributed by atoms with Crippen molar-refractivity contribution in [1.82, 2.24) is 14.9 Å². The van der Waals surface area contributed by atoms with Gasteiger partial charge in [-0.2, -0.15) is 0 Å². The number of rotatable bonds is 7. The van der Waals surface area contributed by atoms with Crippen molar-refractivity contribution in [3.63, 3.8) is 0 Å². The van der Waals surface area contributed by atoms with E-state index in [1.165, 1.54) is 6.33 Å². The molecule has 3 aromatic rings. The quantitative estimate of drug-likeness (QED) is 0.620. The van der Waals surface area contributed by atoms with Crippen LogP contribution >= 0.6 is 0 Å². The fraction of sp³-hybridized carbons (Fsp3) is 0.182. The zero-order valence-electron chi connectivity index (χ0n) is 16.3. The van der Waals surface area contributed by atoms with Gasteiger partial charge in [0.2, 0.25) is 0 Å². The summed E-state index contributed by atoms with van der Waals surface area (Å²) in [6.45, 7) is 2.58. The summed E-state index contributed by atoms with van der Waals surface area (Å²) in [6, 6.07) is 18.2. The van der Waals surface area contributed by atoms with E-state index >= 15 is 0 Å². The molecule has 1 heterocycles. The Morgan fingerprint density at radius 3 is 2.45 bits per heavy atom. The number of nitrogens with zero attached hydrogens (tertiary/aromatic N) is 3. The molecule has 0 saturated carbocycles. The molecule has 0 aliphatic carbocycles. The van der Waals surface area contributed by atoms with Crippen molar-refractivity contribution in [2.24, 2.45) is 0 Å². The molecule has 0 atom stereocenters. The molecule has 1 aromatic heterocycles. The van der Waals surface area contributed by atoms with Crippen LogP contribution < -0.4 is 5.32 Å². The standard InChI is InChI=1S/C22H22N4O3/c1-3-29-22(28)17-9-11-18(12-10-17)25-20-13-19(23-15-24-20)21(27)26(2)14-16-7-5-4-6-8-16/h4-13,15H,3,14H2,1-2H3,(H,23,24,25). The molecule has 0 aliphatic rings. The van der Waals surface area contributed by atoms with Gasteiger partial charge >= 0.3 is 5.97 Å². The van der Waals surface area contributed by atoms with Crippen LogP contribution in [0.4, 0.5) is 11.5 Å². The number of aromatic nitrogens is 2. The first-order valence-electron chi connectivity index (χ1n) is 9.22. The Morgan fingerprint density at radius 1 is 1.03 bits per heavy atom. The first-order chi connectivity index (χ1) is 14.1. The van der Waals surface area contributed by atoms with Crippen LogP contribution in [0.1, 0.15) is 33.3 Å². The second-order valence-corrected chi connectivity index (χ2v) is 6.36. The fourth-order valence-corrected chi connectivity index (χ4v) is 2.72. The summed E-state index contributed by atoms with van der Waals surface area (Å²) in [5.41, 5.74) is 2.53. The Hall–Kier alpha value is -3.74. The normalized spacial score (nSPS) is 10.3. The molecular formula is C22H22N4O3. The van der Waals surface area contributed by atoms with Crippen LogP contribution in [0, 0.1) is 0 Å². The third kappa shape index (κ3) is 5.38. The second kappa shape index (κ2) is 9.45. The molecule has 0 saturated heterocycles. The average Bonchev–Trinajstić information content (AvgIpc) is 2.75. The molecule has 0 fully saturated rings. The smallest absolute Gasteiger partial charge is 0.338 e. The van der Waals surface area contributed by atoms with E-state index in [0.717, 1.165) is 11.3 Å². The molecule has 1 N–H and O–H groups in total. The zero-order valence-corrected chi connectivity index (χ0v) is 16.3. The van der Waals surface area contributed by atoms with E-state index in [4.69, 9.17) is 4.74 Å². The highest BCUT2D eigenvalue weighted by Crippen LogP contribution is 2.17. The van der Waals surface area contributed by atoms with E-state index in [1.54, 1.807) is 49.2 Å². The largest absolute Gasteiger partial charge is 0.462 e. The average molecular weight is 390 g/mol. The van der Waals surface area contributed by atoms with Gasteiger partial charge in [0.1, 0.15) is 17.8 Å². The van der Waals surface area contributed by atoms with E-state index < -0.39 is 0 Å². The van der Waals surface area contributed by atoms with Gasteiger partial charge in [-0.25, -0.2) is 14.8 Å². The summed E-state index contributed by atoms with van der Waals surface area (Å²) in [4.78, 5) is 34.3. The van der Waals surface area contributed by atoms with Crippen molar-refractivity contribution >= 4 is 23.4 Å². The summed E-state index contributed by atoms with van der Waals surface area (Å²) in [5, 5.41) is 3.11. The number of nitrogens with one attached hydrogen (secondary N) is 1. The molecule has 0 aliphatic heterocycles. The Labute approximate surface area is 169 Å². The van der Waals surface area contributed by atoms with E-state index in [2.05, 4.69) is 15.3 Å². The predicted molar refractivity (Wildman–Crippen MR) is 110 cm³/mol. The second-order valence-electron chi connectivity index (χ2n) is 6.36. The number of hydrogen-bond acceptors (Lipinski definition) is 6. The molecule has 0 bridgehead atoms. The van der Waals surface area contributed by atoms with Crippen molar-refractivity contribution in [2.45, 2.75) is 13.5 Å². The van der Waals surface area contributed by atoms with Gasteiger partial charge in [0, 0.05) is 25.3 Å². The lowest BCUT2D eigenvalue weighted by Crippen LogP contribution is -2.27. The molecule has 0 spiro atoms. The summed E-state index contributed by atoms with van der Waals surface area (Å²) < 4.78 is 4.97. The van der Waals surface area contributed by atoms with Gasteiger partial charge in [-0.3, -0.25) is 4.79 Å². The fourth-order valence-electron chi connectivity index (χ4n) is 2.72. The number of esters is 1. The number of hydrogen-bond donors (Lipinski definition) is 1. The minimum atomic E-state index is -0.365. The number of carbonyl (C=O) groups excluding carboxylic acids is 2. The third-order valence-corrected chi connectivity index (χ3v) is 4.16. The molecule has 29 heavy (non-hydrogen) atoms. The molecule has 3 rings (SSSR count). The van der Waals surface area contributed by atoms with Crippen molar-refractivity contribution in [3.05, 3.63) is 83.8 Å². The van der Waals surface area contributed by atoms with Crippen LogP contribution in [0.3, 0.4) is 0 Å². The topological polar surface area (TPSA) is 84.4 Å². The van der Waals surface area contributed by atoms with Crippen molar-refractivity contribution in [2.75, 3.05) is 19.0 Å². The molecule has 1 amide bonds. The van der Waals surface area contributed by atoms with Gasteiger partial charge in [0.15, 0.2) is 0 Å². The Balaban J connectivity index is 1.67. The number of ether oxygens (including phenoxy) is 1. The number of anilines is 2. The summed E-state index contributed by atoms with van der Waals surface area (Å²) in [6.07, 6.45) is 1.35. The SMILES string of the molecule is CCOC(=O)c1ccc(Nc2cc(C(=O)N(C)Cc3ccccc3)ncn2)cc1. The highest BCUT2D eigenvalue weighted by atomic mass is 16.5. The minimum absolute atomic E-state index is 0.197. The van der Waals surface area contributed by atoms with Gasteiger partial charge in [-0.15, -0.1) is 0 Å². The van der Waals surface area contributed by atoms with Crippen LogP contribution in [0.2, 0.25) is 0 Å². The van der Waals surface area contributed by atoms with E-state index in [9.17, 15) is 9.59 Å². The maximum atomic E-state index is 12.7. The van der Waals surface area contributed by atoms with Gasteiger partial charge in [-0.05, 0) is 36.8 Å². The van der Waals surface area contributed by atoms with Crippen LogP contribution in [-0.4, -0.2) is 40.4 Å². The van der Waals surface area contributed by atoms with Gasteiger partial charge in [-0.1, -0.05) is 30.3 Å². The van der Waals surface area contributed by atoms with Gasteiger partial charge in [0.05, 0.1) is 12.2 Å². The summed E-state index contributed by atoms with van der Waals surface area (Å²) in [5.74, 6) is -0.0762. The van der Waals surface area contributed by atoms with Crippen LogP contribution in [0.5, 0.6) is 0 Å². The zero-order chi connectivity index (χ0) is 20.6. The molecular weight excluding hydrogens is 368 g/mol. The Kier molecular flexibility index (Phi) is 6.52. The van der Waals surface area contributed by atoms with Crippen LogP contribution in [-0.2, 0) is 11.3 Å². The summed E-state index contributed by atoms with van der Waals surface area (Å²) in [7, 11) is 1.73. The monoisotopic (exact) mass is 390 g/mol. The first-order valence-corrected chi connectivity index (χ1v) is 9.22. The van der Waals surface area contributed by atoms with Crippen molar-refractivity contribution < 1.29 is 14.3 Å². The number of carbonyl (C=O) groups is 2. The molecule has 0 radical (unpaired) electrons. The lowest BCUT2D eigenvalue weighted by atomic mass is 10.2. The maximum Gasteiger partial charge on any atom is 0.338 e. The number of amides is 1. The molecule has 0 unspecified atom stereocenters. The Morgan fingerprint density at radius 2 is 1.76 bits per heavy atom. The van der Waals surface area contributed by atoms with Crippen molar-refractivity contribution in [3.8, 4) is 0 Å². The minimum Gasteiger partial charge on any atom is -0.462 e. The van der Waals surface area contributed by atoms with E-state index in [1.807, 2.05) is 30.3 Å². The highest BCUT2D eigenvalue weighted by Gasteiger charge is 2.15. The van der Waals surface area contributed by atoms with Gasteiger partial charge in [0.25, 0.3) is 5.91 Å². The molecule has 148 valence electrons. The first kappa shape index (κ1) is 20.0. The van der Waals surface area contributed by atoms with Gasteiger partial charge < -0.3 is 15.0 Å². The predicted octanol–water partition coefficient (Wildman–Crippen LogP) is 3.67. The van der Waals surface area contributed by atoms with Crippen LogP contribution in [0.25, 0.3) is 0 Å². The highest BCUT2D eigenvalue weighted by molar-refractivity contribution is 5.93. The van der Waals surface area contributed by atoms with E-state index in [0.29, 0.717) is 30.2 Å². The molecule has 7 heteroatoms. The number of benzene rings is 2. The molecule has 7 nitrogen and oxygen atoms in total.